The van der Waals surface area contributed by atoms with E-state index in [9.17, 15) is 5.26 Å². The Labute approximate surface area is 443 Å². The number of benzene rings is 3. The number of rotatable bonds is 34. The predicted octanol–water partition coefficient (Wildman–Crippen LogP) is 20.1. The number of nitriles is 1. The van der Waals surface area contributed by atoms with Gasteiger partial charge in [0.05, 0.1) is 37.5 Å². The summed E-state index contributed by atoms with van der Waals surface area (Å²) in [7, 11) is 0. The highest BCUT2D eigenvalue weighted by Gasteiger charge is 2.43. The summed E-state index contributed by atoms with van der Waals surface area (Å²) in [5.74, 6) is 0.780. The molecule has 5 nitrogen and oxygen atoms in total. The van der Waals surface area contributed by atoms with Crippen LogP contribution < -0.4 is 9.80 Å². The molecule has 5 aromatic rings. The molecule has 388 valence electrons. The molecule has 2 aromatic heterocycles. The number of amides is 2. The fraction of sp³-hybridized carbons (Fsp3) is 0.585. The Balaban J connectivity index is 1.29. The molecule has 2 atom stereocenters. The molecule has 2 aliphatic rings. The molecular formula is C65H89N3O2S2. The highest BCUT2D eigenvalue weighted by atomic mass is 32.1. The fourth-order valence-corrected chi connectivity index (χ4v) is 14.2. The van der Waals surface area contributed by atoms with E-state index in [-0.39, 0.29) is 11.8 Å². The number of hydrogen-bond acceptors (Lipinski definition) is 5. The minimum absolute atomic E-state index is 0.00893. The van der Waals surface area contributed by atoms with Crippen LogP contribution in [0, 0.1) is 23.2 Å². The van der Waals surface area contributed by atoms with E-state index in [4.69, 9.17) is 0 Å². The summed E-state index contributed by atoms with van der Waals surface area (Å²) < 4.78 is 2.45. The van der Waals surface area contributed by atoms with Crippen molar-refractivity contribution in [2.75, 3.05) is 22.9 Å². The minimum atomic E-state index is -0.0171. The van der Waals surface area contributed by atoms with E-state index >= 15 is 9.59 Å². The Morgan fingerprint density at radius 3 is 1.56 bits per heavy atom. The number of carbonyl (C=O) groups excluding carboxylic acids is 2. The van der Waals surface area contributed by atoms with Crippen molar-refractivity contribution in [1.82, 2.24) is 0 Å². The van der Waals surface area contributed by atoms with Crippen molar-refractivity contribution >= 4 is 77.2 Å². The molecule has 4 heterocycles. The maximum atomic E-state index is 15.7. The van der Waals surface area contributed by atoms with E-state index in [2.05, 4.69) is 104 Å². The lowest BCUT2D eigenvalue weighted by atomic mass is 9.93. The lowest BCUT2D eigenvalue weighted by molar-refractivity contribution is -0.114. The van der Waals surface area contributed by atoms with Crippen LogP contribution in [0.2, 0.25) is 0 Å². The van der Waals surface area contributed by atoms with Crippen molar-refractivity contribution in [3.8, 4) is 16.5 Å². The number of fused-ring (bicyclic) bond motifs is 5. The van der Waals surface area contributed by atoms with E-state index in [1.165, 1.54) is 162 Å². The van der Waals surface area contributed by atoms with Gasteiger partial charge >= 0.3 is 0 Å². The molecule has 72 heavy (non-hydrogen) atoms. The van der Waals surface area contributed by atoms with Crippen molar-refractivity contribution in [2.45, 2.75) is 221 Å². The van der Waals surface area contributed by atoms with Crippen LogP contribution in [0.15, 0.2) is 60.0 Å². The number of carbonyl (C=O) groups is 2. The van der Waals surface area contributed by atoms with Crippen molar-refractivity contribution in [3.05, 3.63) is 82.2 Å². The van der Waals surface area contributed by atoms with Crippen molar-refractivity contribution in [3.63, 3.8) is 0 Å². The summed E-state index contributed by atoms with van der Waals surface area (Å²) in [5, 5.41) is 15.0. The Bertz CT molecular complexity index is 2590. The largest absolute Gasteiger partial charge is 0.307 e. The minimum Gasteiger partial charge on any atom is -0.307 e. The van der Waals surface area contributed by atoms with E-state index in [0.29, 0.717) is 36.1 Å². The third kappa shape index (κ3) is 13.7. The van der Waals surface area contributed by atoms with E-state index in [0.717, 1.165) is 88.8 Å². The monoisotopic (exact) mass is 1010 g/mol. The van der Waals surface area contributed by atoms with Gasteiger partial charge in [-0.2, -0.15) is 5.26 Å². The average molecular weight is 1010 g/mol. The zero-order valence-corrected chi connectivity index (χ0v) is 47.0. The first-order valence-corrected chi connectivity index (χ1v) is 31.1. The molecule has 2 amide bonds. The zero-order valence-electron chi connectivity index (χ0n) is 45.3. The fourth-order valence-electron chi connectivity index (χ4n) is 11.9. The molecule has 3 aromatic carbocycles. The average Bonchev–Trinajstić information content (AvgIpc) is 4.18. The molecule has 0 spiro atoms. The molecule has 7 heteroatoms. The maximum Gasteiger partial charge on any atom is 0.259 e. The molecule has 0 fully saturated rings. The van der Waals surface area contributed by atoms with Crippen molar-refractivity contribution in [1.29, 1.82) is 5.26 Å². The molecule has 0 bridgehead atoms. The maximum absolute atomic E-state index is 15.7. The quantitative estimate of drug-likeness (QED) is 0.0305. The Morgan fingerprint density at radius 2 is 1.00 bits per heavy atom. The number of para-hydroxylation sites is 1. The highest BCUT2D eigenvalue weighted by molar-refractivity contribution is 7.28. The molecular weight excluding hydrogens is 919 g/mol. The number of anilines is 2. The van der Waals surface area contributed by atoms with Gasteiger partial charge < -0.3 is 9.80 Å². The van der Waals surface area contributed by atoms with Gasteiger partial charge in [0.25, 0.3) is 11.8 Å². The lowest BCUT2D eigenvalue weighted by Gasteiger charge is -2.25. The smallest absolute Gasteiger partial charge is 0.259 e. The highest BCUT2D eigenvalue weighted by Crippen LogP contribution is 2.50. The van der Waals surface area contributed by atoms with Gasteiger partial charge in [-0.15, -0.1) is 22.7 Å². The standard InChI is InChI=1S/C65H89N3O2S2/c1-6-11-16-21-23-27-34-48(32-25-18-13-8-3)46-67-57-38-31-30-37-53(57)60(64(67)69)61-54-40-39-50(43-58(54)68(65(61)70)47-49(33-26-19-14-9-4)35-28-24-22-17-12-7-2)59-44-55-51(36-29-20-15-10-5)56(45-66)52-41-42-71-62(52)63(55)72-59/h30-31,37-44,48-49H,6-29,32-36,46-47H2,1-5H3/b61-60+. The second-order valence-electron chi connectivity index (χ2n) is 21.7. The molecule has 0 radical (unpaired) electrons. The van der Waals surface area contributed by atoms with Crippen LogP contribution in [-0.4, -0.2) is 24.9 Å². The van der Waals surface area contributed by atoms with Gasteiger partial charge in [0, 0.05) is 34.5 Å². The van der Waals surface area contributed by atoms with E-state index < -0.39 is 0 Å². The van der Waals surface area contributed by atoms with Gasteiger partial charge in [0.1, 0.15) is 6.07 Å². The Morgan fingerprint density at radius 1 is 0.514 bits per heavy atom. The first-order chi connectivity index (χ1) is 35.4. The topological polar surface area (TPSA) is 64.4 Å². The number of nitrogens with zero attached hydrogens (tertiary/aromatic N) is 3. The van der Waals surface area contributed by atoms with Crippen LogP contribution in [0.5, 0.6) is 0 Å². The van der Waals surface area contributed by atoms with Crippen LogP contribution in [0.3, 0.4) is 0 Å². The summed E-state index contributed by atoms with van der Waals surface area (Å²) in [5.41, 5.74) is 7.97. The molecule has 0 N–H and O–H groups in total. The molecule has 0 saturated carbocycles. The molecule has 2 unspecified atom stereocenters. The summed E-state index contributed by atoms with van der Waals surface area (Å²) in [6, 6.07) is 22.1. The second kappa shape index (κ2) is 29.0. The Kier molecular flexibility index (Phi) is 22.4. The van der Waals surface area contributed by atoms with Gasteiger partial charge in [-0.05, 0) is 96.5 Å². The van der Waals surface area contributed by atoms with Crippen molar-refractivity contribution < 1.29 is 9.59 Å². The van der Waals surface area contributed by atoms with Crippen LogP contribution in [0.1, 0.15) is 237 Å². The van der Waals surface area contributed by atoms with Gasteiger partial charge in [-0.3, -0.25) is 9.59 Å². The third-order valence-corrected chi connectivity index (χ3v) is 18.4. The number of aryl methyl sites for hydroxylation is 1. The van der Waals surface area contributed by atoms with Crippen molar-refractivity contribution in [2.24, 2.45) is 11.8 Å². The summed E-state index contributed by atoms with van der Waals surface area (Å²) >= 11 is 3.56. The zero-order chi connectivity index (χ0) is 50.7. The van der Waals surface area contributed by atoms with Gasteiger partial charge in [0.2, 0.25) is 0 Å². The second-order valence-corrected chi connectivity index (χ2v) is 23.6. The summed E-state index contributed by atoms with van der Waals surface area (Å²) in [6.07, 6.45) is 35.0. The third-order valence-electron chi connectivity index (χ3n) is 16.1. The van der Waals surface area contributed by atoms with Crippen LogP contribution in [0.4, 0.5) is 11.4 Å². The predicted molar refractivity (Wildman–Crippen MR) is 314 cm³/mol. The van der Waals surface area contributed by atoms with Gasteiger partial charge in [0.15, 0.2) is 0 Å². The van der Waals surface area contributed by atoms with Gasteiger partial charge in [-0.1, -0.05) is 213 Å². The SMILES string of the molecule is CCCCCCCCC(CCCCCC)CN1C(=O)/C(=C2/C(=O)N(CC(CCCCCC)CCCCCCCC)c3cc(-c4cc5c(CCCCCC)c(C#N)c6ccsc6c5s4)ccc32)c2ccccc21. The first kappa shape index (κ1) is 55.5. The molecule has 0 saturated heterocycles. The van der Waals surface area contributed by atoms with Crippen LogP contribution in [-0.2, 0) is 16.0 Å². The van der Waals surface area contributed by atoms with Crippen LogP contribution in [0.25, 0.3) is 41.8 Å². The normalized spacial score (nSPS) is 15.3. The number of hydrogen-bond donors (Lipinski definition) is 0. The van der Waals surface area contributed by atoms with E-state index in [1.54, 1.807) is 11.3 Å². The summed E-state index contributed by atoms with van der Waals surface area (Å²) in [4.78, 5) is 36.4. The van der Waals surface area contributed by atoms with Gasteiger partial charge in [-0.25, -0.2) is 0 Å². The Hall–Kier alpha value is -4.25. The molecule has 0 aliphatic carbocycles. The number of thiophene rings is 2. The number of unbranched alkanes of at least 4 members (excludes halogenated alkanes) is 19. The molecule has 7 rings (SSSR count). The van der Waals surface area contributed by atoms with Crippen LogP contribution >= 0.6 is 22.7 Å². The summed E-state index contributed by atoms with van der Waals surface area (Å²) in [6.45, 7) is 12.7. The van der Waals surface area contributed by atoms with E-state index in [1.807, 2.05) is 17.4 Å². The first-order valence-electron chi connectivity index (χ1n) is 29.4. The lowest BCUT2D eigenvalue weighted by Crippen LogP contribution is -2.34. The molecule has 2 aliphatic heterocycles.